The Morgan fingerprint density at radius 1 is 0.938 bits per heavy atom. The Labute approximate surface area is 97.9 Å². The molecule has 0 aromatic heterocycles. The van der Waals surface area contributed by atoms with Gasteiger partial charge >= 0.3 is 0 Å². The van der Waals surface area contributed by atoms with Crippen LogP contribution in [0.2, 0.25) is 0 Å². The second-order valence-corrected chi connectivity index (χ2v) is 6.35. The van der Waals surface area contributed by atoms with Crippen molar-refractivity contribution in [3.8, 4) is 11.5 Å². The van der Waals surface area contributed by atoms with Gasteiger partial charge in [0.15, 0.2) is 5.75 Å². The lowest BCUT2D eigenvalue weighted by atomic mass is 9.80. The minimum Gasteiger partial charge on any atom is -0.870 e. The molecule has 2 nitrogen and oxygen atoms in total. The lowest BCUT2D eigenvalue weighted by molar-refractivity contribution is -0.271. The van der Waals surface area contributed by atoms with E-state index in [2.05, 4.69) is 0 Å². The fourth-order valence-electron chi connectivity index (χ4n) is 1.59. The van der Waals surface area contributed by atoms with Crippen LogP contribution in [-0.4, -0.2) is 0 Å². The van der Waals surface area contributed by atoms with E-state index in [0.717, 1.165) is 5.56 Å². The molecule has 2 heteroatoms. The molecule has 16 heavy (non-hydrogen) atoms. The van der Waals surface area contributed by atoms with Crippen LogP contribution in [0.5, 0.6) is 11.5 Å². The molecule has 0 unspecified atom stereocenters. The maximum atomic E-state index is 11.8. The van der Waals surface area contributed by atoms with Gasteiger partial charge in [-0.15, -0.1) is 0 Å². The van der Waals surface area contributed by atoms with Gasteiger partial charge in [0.05, 0.1) is 0 Å². The van der Waals surface area contributed by atoms with Crippen molar-refractivity contribution in [3.63, 3.8) is 0 Å². The van der Waals surface area contributed by atoms with Crippen LogP contribution in [0, 0.1) is 0 Å². The van der Waals surface area contributed by atoms with Crippen LogP contribution in [-0.2, 0) is 15.9 Å². The summed E-state index contributed by atoms with van der Waals surface area (Å²) in [7, 11) is 0. The zero-order valence-electron chi connectivity index (χ0n) is 11.0. The summed E-state index contributed by atoms with van der Waals surface area (Å²) in [6.07, 6.45) is 0. The molecule has 0 spiro atoms. The van der Waals surface area contributed by atoms with Crippen LogP contribution in [0.4, 0.5) is 0 Å². The topological polar surface area (TPSA) is 43.0 Å². The highest BCUT2D eigenvalue weighted by atomic mass is 16.3. The summed E-state index contributed by atoms with van der Waals surface area (Å²) in [6.45, 7) is 12.0. The predicted molar refractivity (Wildman–Crippen MR) is 63.4 cm³/mol. The van der Waals surface area contributed by atoms with Crippen LogP contribution in [0.1, 0.15) is 52.7 Å². The number of hydrogen-bond acceptors (Lipinski definition) is 1. The average Bonchev–Trinajstić information content (AvgIpc) is 2.05. The number of hydrogen-bond donors (Lipinski definition) is 0. The number of rotatable bonds is 0. The molecule has 0 saturated heterocycles. The van der Waals surface area contributed by atoms with Gasteiger partial charge in [-0.1, -0.05) is 59.4 Å². The molecule has 0 bridgehead atoms. The average molecular weight is 220 g/mol. The highest BCUT2D eigenvalue weighted by Gasteiger charge is 2.23. The van der Waals surface area contributed by atoms with Gasteiger partial charge in [0, 0.05) is 5.56 Å². The fourth-order valence-corrected chi connectivity index (χ4v) is 1.59. The Balaban J connectivity index is 3.46. The van der Waals surface area contributed by atoms with E-state index in [4.69, 9.17) is 0 Å². The first kappa shape index (κ1) is 12.9. The van der Waals surface area contributed by atoms with E-state index in [9.17, 15) is 10.2 Å². The molecule has 0 atom stereocenters. The first-order chi connectivity index (χ1) is 7.03. The lowest BCUT2D eigenvalue weighted by Gasteiger charge is -2.27. The smallest absolute Gasteiger partial charge is 0.174 e. The highest BCUT2D eigenvalue weighted by Crippen LogP contribution is 2.39. The molecular weight excluding hydrogens is 200 g/mol. The quantitative estimate of drug-likeness (QED) is 0.659. The fraction of sp³-hybridized carbons (Fsp3) is 0.571. The zero-order chi connectivity index (χ0) is 12.7. The maximum Gasteiger partial charge on any atom is 0.174 e. The highest BCUT2D eigenvalue weighted by molar-refractivity contribution is 5.50. The molecule has 1 aromatic carbocycles. The van der Waals surface area contributed by atoms with E-state index in [1.807, 2.05) is 47.6 Å². The molecule has 0 N–H and O–H groups in total. The lowest BCUT2D eigenvalue weighted by Crippen LogP contribution is -2.17. The van der Waals surface area contributed by atoms with Crippen molar-refractivity contribution in [1.29, 1.82) is 0 Å². The summed E-state index contributed by atoms with van der Waals surface area (Å²) in [5, 5.41) is 23.4. The van der Waals surface area contributed by atoms with Crippen LogP contribution in [0.15, 0.2) is 12.1 Å². The SMILES string of the molecule is CC(C)(C)c1cc([O-])c([O])c(C(C)(C)C)c1. The first-order valence-corrected chi connectivity index (χ1v) is 5.56. The van der Waals surface area contributed by atoms with Gasteiger partial charge in [-0.3, -0.25) is 5.11 Å². The van der Waals surface area contributed by atoms with Crippen LogP contribution < -0.4 is 5.11 Å². The van der Waals surface area contributed by atoms with Gasteiger partial charge in [0.2, 0.25) is 0 Å². The Kier molecular flexibility index (Phi) is 2.97. The largest absolute Gasteiger partial charge is 0.870 e. The Bertz CT molecular complexity index is 392. The second kappa shape index (κ2) is 3.69. The van der Waals surface area contributed by atoms with E-state index >= 15 is 0 Å². The molecule has 1 aromatic rings. The summed E-state index contributed by atoms with van der Waals surface area (Å²) in [5.41, 5.74) is 1.16. The van der Waals surface area contributed by atoms with Crippen molar-refractivity contribution in [2.75, 3.05) is 0 Å². The third-order valence-corrected chi connectivity index (χ3v) is 2.73. The van der Waals surface area contributed by atoms with Gasteiger partial charge in [0.25, 0.3) is 0 Å². The molecule has 1 rings (SSSR count). The minimum atomic E-state index is -0.391. The first-order valence-electron chi connectivity index (χ1n) is 5.56. The molecule has 0 heterocycles. The van der Waals surface area contributed by atoms with Gasteiger partial charge in [0.1, 0.15) is 0 Å². The Morgan fingerprint density at radius 3 is 1.81 bits per heavy atom. The van der Waals surface area contributed by atoms with Crippen LogP contribution in [0.3, 0.4) is 0 Å². The third-order valence-electron chi connectivity index (χ3n) is 2.73. The molecule has 1 radical (unpaired) electrons. The summed E-state index contributed by atoms with van der Waals surface area (Å²) in [6, 6.07) is 3.35. The molecule has 0 aliphatic carbocycles. The standard InChI is InChI=1S/C14H21O2/c1-13(2,3)9-7-10(14(4,5)6)12(16)11(15)8-9/h7-8,15H,1-6H3/p-1. The van der Waals surface area contributed by atoms with Gasteiger partial charge in [-0.2, -0.15) is 0 Å². The van der Waals surface area contributed by atoms with Gasteiger partial charge in [-0.25, -0.2) is 0 Å². The molecule has 0 fully saturated rings. The molecule has 0 amide bonds. The predicted octanol–water partition coefficient (Wildman–Crippen LogP) is 3.50. The van der Waals surface area contributed by atoms with Crippen LogP contribution >= 0.6 is 0 Å². The summed E-state index contributed by atoms with van der Waals surface area (Å²) in [5.74, 6) is -0.752. The molecule has 89 valence electrons. The van der Waals surface area contributed by atoms with Crippen LogP contribution in [0.25, 0.3) is 0 Å². The Hall–Kier alpha value is -1.18. The van der Waals surface area contributed by atoms with E-state index in [1.54, 1.807) is 0 Å². The normalized spacial score (nSPS) is 12.9. The van der Waals surface area contributed by atoms with Crippen molar-refractivity contribution in [2.24, 2.45) is 0 Å². The summed E-state index contributed by atoms with van der Waals surface area (Å²) < 4.78 is 0. The minimum absolute atomic E-state index is 0.104. The second-order valence-electron chi connectivity index (χ2n) is 6.35. The molecule has 0 saturated carbocycles. The summed E-state index contributed by atoms with van der Waals surface area (Å²) >= 11 is 0. The van der Waals surface area contributed by atoms with E-state index in [0.29, 0.717) is 5.56 Å². The molecule has 0 aliphatic rings. The van der Waals surface area contributed by atoms with Crippen molar-refractivity contribution >= 4 is 0 Å². The van der Waals surface area contributed by atoms with E-state index < -0.39 is 5.75 Å². The zero-order valence-corrected chi connectivity index (χ0v) is 11.0. The number of benzene rings is 1. The van der Waals surface area contributed by atoms with Crippen molar-refractivity contribution in [2.45, 2.75) is 52.4 Å². The van der Waals surface area contributed by atoms with E-state index in [1.165, 1.54) is 6.07 Å². The molecular formula is C14H20O2-. The van der Waals surface area contributed by atoms with Crippen molar-refractivity contribution in [3.05, 3.63) is 23.3 Å². The monoisotopic (exact) mass is 220 g/mol. The van der Waals surface area contributed by atoms with Gasteiger partial charge < -0.3 is 5.11 Å². The molecule has 0 aliphatic heterocycles. The third kappa shape index (κ3) is 2.49. The maximum absolute atomic E-state index is 11.8. The van der Waals surface area contributed by atoms with Crippen molar-refractivity contribution < 1.29 is 10.2 Å². The van der Waals surface area contributed by atoms with E-state index in [-0.39, 0.29) is 16.6 Å². The van der Waals surface area contributed by atoms with Gasteiger partial charge in [-0.05, 0) is 16.4 Å². The Morgan fingerprint density at radius 2 is 1.44 bits per heavy atom. The summed E-state index contributed by atoms with van der Waals surface area (Å²) in [4.78, 5) is 0. The van der Waals surface area contributed by atoms with Crippen molar-refractivity contribution in [1.82, 2.24) is 0 Å².